The van der Waals surface area contributed by atoms with E-state index in [2.05, 4.69) is 41.6 Å². The van der Waals surface area contributed by atoms with Gasteiger partial charge in [-0.3, -0.25) is 14.5 Å². The Hall–Kier alpha value is -3.82. The summed E-state index contributed by atoms with van der Waals surface area (Å²) in [5.41, 5.74) is 2.89. The lowest BCUT2D eigenvalue weighted by atomic mass is 9.95. The summed E-state index contributed by atoms with van der Waals surface area (Å²) in [5.74, 6) is 0.701. The molecule has 0 unspecified atom stereocenters. The molecule has 0 atom stereocenters. The molecule has 5 rings (SSSR count). The number of aromatic nitrogens is 2. The zero-order chi connectivity index (χ0) is 26.3. The van der Waals surface area contributed by atoms with Crippen molar-refractivity contribution in [3.8, 4) is 11.4 Å². The van der Waals surface area contributed by atoms with Crippen molar-refractivity contribution < 1.29 is 14.1 Å². The van der Waals surface area contributed by atoms with E-state index in [1.165, 1.54) is 0 Å². The Labute approximate surface area is 229 Å². The molecule has 4 aromatic rings. The molecule has 0 bridgehead atoms. The molecule has 1 aliphatic heterocycles. The molecule has 1 saturated heterocycles. The van der Waals surface area contributed by atoms with Gasteiger partial charge in [0.2, 0.25) is 17.6 Å². The summed E-state index contributed by atoms with van der Waals surface area (Å²) >= 11 is 3.43. The zero-order valence-electron chi connectivity index (χ0n) is 20.8. The predicted molar refractivity (Wildman–Crippen MR) is 148 cm³/mol. The van der Waals surface area contributed by atoms with Crippen LogP contribution in [0.1, 0.15) is 34.7 Å². The van der Waals surface area contributed by atoms with Gasteiger partial charge in [-0.2, -0.15) is 4.98 Å². The van der Waals surface area contributed by atoms with Crippen molar-refractivity contribution in [2.45, 2.75) is 25.9 Å². The highest BCUT2D eigenvalue weighted by Gasteiger charge is 2.27. The van der Waals surface area contributed by atoms with Crippen molar-refractivity contribution in [3.05, 3.63) is 100 Å². The normalized spacial score (nSPS) is 14.2. The van der Waals surface area contributed by atoms with Crippen LogP contribution in [0.15, 0.2) is 87.9 Å². The molecular formula is C29H28BrN5O3. The Balaban J connectivity index is 1.13. The lowest BCUT2D eigenvalue weighted by Crippen LogP contribution is -2.38. The monoisotopic (exact) mass is 573 g/mol. The molecule has 3 aromatic carbocycles. The third-order valence-electron chi connectivity index (χ3n) is 6.61. The van der Waals surface area contributed by atoms with E-state index in [0.29, 0.717) is 48.9 Å². The van der Waals surface area contributed by atoms with Gasteiger partial charge in [0.05, 0.1) is 17.8 Å². The minimum atomic E-state index is -0.221. The average molecular weight is 574 g/mol. The first-order valence-corrected chi connectivity index (χ1v) is 13.4. The largest absolute Gasteiger partial charge is 0.348 e. The number of nitrogens with zero attached hydrogens (tertiary/aromatic N) is 3. The second-order valence-corrected chi connectivity index (χ2v) is 10.2. The quantitative estimate of drug-likeness (QED) is 0.297. The number of nitrogens with one attached hydrogen (secondary N) is 2. The lowest BCUT2D eigenvalue weighted by Gasteiger charge is -2.30. The number of halogens is 1. The Morgan fingerprint density at radius 2 is 1.66 bits per heavy atom. The summed E-state index contributed by atoms with van der Waals surface area (Å²) in [6.45, 7) is 2.45. The SMILES string of the molecule is O=C(NCc1ccccc1)c1ccccc1NC(=O)C1CCN(Cc2nc(-c3ccc(Br)cc3)no2)CC1. The summed E-state index contributed by atoms with van der Waals surface area (Å²) in [4.78, 5) is 32.6. The van der Waals surface area contributed by atoms with Crippen LogP contribution < -0.4 is 10.6 Å². The van der Waals surface area contributed by atoms with E-state index in [-0.39, 0.29) is 17.7 Å². The summed E-state index contributed by atoms with van der Waals surface area (Å²) in [6, 6.07) is 24.6. The summed E-state index contributed by atoms with van der Waals surface area (Å²) in [7, 11) is 0. The van der Waals surface area contributed by atoms with Crippen LogP contribution >= 0.6 is 15.9 Å². The summed E-state index contributed by atoms with van der Waals surface area (Å²) in [5, 5.41) is 10.0. The van der Waals surface area contributed by atoms with E-state index in [4.69, 9.17) is 4.52 Å². The van der Waals surface area contributed by atoms with E-state index >= 15 is 0 Å². The standard InChI is InChI=1S/C29H28BrN5O3/c30-23-12-10-21(11-13-23)27-33-26(38-34-27)19-35-16-14-22(15-17-35)28(36)32-25-9-5-4-8-24(25)29(37)31-18-20-6-2-1-3-7-20/h1-13,22H,14-19H2,(H,31,37)(H,32,36). The molecule has 9 heteroatoms. The van der Waals surface area contributed by atoms with Crippen molar-refractivity contribution in [3.63, 3.8) is 0 Å². The Morgan fingerprint density at radius 3 is 2.42 bits per heavy atom. The fourth-order valence-electron chi connectivity index (χ4n) is 4.48. The topological polar surface area (TPSA) is 100 Å². The zero-order valence-corrected chi connectivity index (χ0v) is 22.4. The van der Waals surface area contributed by atoms with E-state index < -0.39 is 0 Å². The number of likely N-dealkylation sites (tertiary alicyclic amines) is 1. The molecule has 38 heavy (non-hydrogen) atoms. The number of carbonyl (C=O) groups is 2. The molecule has 194 valence electrons. The first-order chi connectivity index (χ1) is 18.5. The van der Waals surface area contributed by atoms with Gasteiger partial charge in [0, 0.05) is 22.5 Å². The van der Waals surface area contributed by atoms with Gasteiger partial charge in [0.1, 0.15) is 0 Å². The van der Waals surface area contributed by atoms with E-state index in [9.17, 15) is 9.59 Å². The summed E-state index contributed by atoms with van der Waals surface area (Å²) in [6.07, 6.45) is 1.42. The maximum Gasteiger partial charge on any atom is 0.253 e. The van der Waals surface area contributed by atoms with E-state index in [1.807, 2.05) is 60.7 Å². The second kappa shape index (κ2) is 12.1. The van der Waals surface area contributed by atoms with Crippen LogP contribution in [0.4, 0.5) is 5.69 Å². The predicted octanol–water partition coefficient (Wildman–Crippen LogP) is 5.28. The third-order valence-corrected chi connectivity index (χ3v) is 7.14. The molecule has 1 aromatic heterocycles. The molecular weight excluding hydrogens is 546 g/mol. The van der Waals surface area contributed by atoms with Crippen molar-refractivity contribution in [2.24, 2.45) is 5.92 Å². The Bertz CT molecular complexity index is 1380. The number of piperidine rings is 1. The van der Waals surface area contributed by atoms with Gasteiger partial charge in [-0.1, -0.05) is 63.6 Å². The Morgan fingerprint density at radius 1 is 0.947 bits per heavy atom. The number of para-hydroxylation sites is 1. The van der Waals surface area contributed by atoms with Crippen LogP contribution in [0.2, 0.25) is 0 Å². The van der Waals surface area contributed by atoms with Gasteiger partial charge in [-0.05, 0) is 67.9 Å². The molecule has 8 nitrogen and oxygen atoms in total. The molecule has 2 amide bonds. The fraction of sp³-hybridized carbons (Fsp3) is 0.241. The molecule has 0 aliphatic carbocycles. The maximum absolute atomic E-state index is 13.1. The van der Waals surface area contributed by atoms with E-state index in [0.717, 1.165) is 28.7 Å². The minimum absolute atomic E-state index is 0.0664. The van der Waals surface area contributed by atoms with Gasteiger partial charge >= 0.3 is 0 Å². The second-order valence-electron chi connectivity index (χ2n) is 9.27. The van der Waals surface area contributed by atoms with Crippen LogP contribution in [-0.4, -0.2) is 39.9 Å². The lowest BCUT2D eigenvalue weighted by molar-refractivity contribution is -0.121. The van der Waals surface area contributed by atoms with Gasteiger partial charge in [0.25, 0.3) is 5.91 Å². The maximum atomic E-state index is 13.1. The van der Waals surface area contributed by atoms with Crippen LogP contribution in [0.5, 0.6) is 0 Å². The van der Waals surface area contributed by atoms with Crippen LogP contribution in [-0.2, 0) is 17.9 Å². The molecule has 2 N–H and O–H groups in total. The van der Waals surface area contributed by atoms with Gasteiger partial charge in [-0.15, -0.1) is 0 Å². The number of hydrogen-bond donors (Lipinski definition) is 2. The van der Waals surface area contributed by atoms with Gasteiger partial charge < -0.3 is 15.2 Å². The fourth-order valence-corrected chi connectivity index (χ4v) is 4.74. The molecule has 1 fully saturated rings. The molecule has 1 aliphatic rings. The van der Waals surface area contributed by atoms with Crippen LogP contribution in [0.25, 0.3) is 11.4 Å². The first-order valence-electron chi connectivity index (χ1n) is 12.6. The number of anilines is 1. The van der Waals surface area contributed by atoms with Gasteiger partial charge in [0.15, 0.2) is 0 Å². The number of hydrogen-bond acceptors (Lipinski definition) is 6. The molecule has 2 heterocycles. The number of amides is 2. The average Bonchev–Trinajstić information content (AvgIpc) is 3.42. The summed E-state index contributed by atoms with van der Waals surface area (Å²) < 4.78 is 6.45. The number of carbonyl (C=O) groups excluding carboxylic acids is 2. The molecule has 0 radical (unpaired) electrons. The first kappa shape index (κ1) is 25.8. The van der Waals surface area contributed by atoms with Crippen LogP contribution in [0.3, 0.4) is 0 Å². The van der Waals surface area contributed by atoms with E-state index in [1.54, 1.807) is 18.2 Å². The number of rotatable bonds is 8. The number of benzene rings is 3. The van der Waals surface area contributed by atoms with Crippen molar-refractivity contribution in [1.29, 1.82) is 0 Å². The third kappa shape index (κ3) is 6.54. The van der Waals surface area contributed by atoms with Gasteiger partial charge in [-0.25, -0.2) is 0 Å². The molecule has 0 saturated carbocycles. The van der Waals surface area contributed by atoms with Crippen molar-refractivity contribution >= 4 is 33.4 Å². The minimum Gasteiger partial charge on any atom is -0.348 e. The smallest absolute Gasteiger partial charge is 0.253 e. The van der Waals surface area contributed by atoms with Crippen molar-refractivity contribution in [2.75, 3.05) is 18.4 Å². The van der Waals surface area contributed by atoms with Crippen LogP contribution in [0, 0.1) is 5.92 Å². The highest BCUT2D eigenvalue weighted by atomic mass is 79.9. The molecule has 0 spiro atoms. The highest BCUT2D eigenvalue weighted by Crippen LogP contribution is 2.24. The highest BCUT2D eigenvalue weighted by molar-refractivity contribution is 9.10. The Kier molecular flexibility index (Phi) is 8.25. The van der Waals surface area contributed by atoms with Crippen molar-refractivity contribution in [1.82, 2.24) is 20.4 Å².